The van der Waals surface area contributed by atoms with Crippen LogP contribution in [0.15, 0.2) is 9.98 Å². The van der Waals surface area contributed by atoms with Gasteiger partial charge < -0.3 is 11.1 Å². The molecule has 2 atom stereocenters. The normalized spacial score (nSPS) is 28.8. The lowest BCUT2D eigenvalue weighted by atomic mass is 10.2. The molecule has 0 aromatic carbocycles. The SMILES string of the molecule is CN1CCC[C@@H]1C(=O)NCC1=NC(F)CN=C1N. The summed E-state index contributed by atoms with van der Waals surface area (Å²) in [6.07, 6.45) is 0.522. The molecule has 0 bridgehead atoms. The van der Waals surface area contributed by atoms with Crippen molar-refractivity contribution in [1.29, 1.82) is 0 Å². The molecule has 0 spiro atoms. The number of nitrogens with two attached hydrogens (primary N) is 1. The summed E-state index contributed by atoms with van der Waals surface area (Å²) in [6.45, 7) is 1.03. The highest BCUT2D eigenvalue weighted by atomic mass is 19.1. The Morgan fingerprint density at radius 3 is 3.11 bits per heavy atom. The maximum atomic E-state index is 13.0. The summed E-state index contributed by atoms with van der Waals surface area (Å²) in [7, 11) is 1.92. The number of halogens is 1. The summed E-state index contributed by atoms with van der Waals surface area (Å²) in [5.74, 6) is 0.149. The molecule has 2 aliphatic rings. The fraction of sp³-hybridized carbons (Fsp3) is 0.727. The van der Waals surface area contributed by atoms with Gasteiger partial charge in [-0.15, -0.1) is 0 Å². The van der Waals surface area contributed by atoms with E-state index in [0.29, 0.717) is 5.71 Å². The number of carbonyl (C=O) groups is 1. The Labute approximate surface area is 105 Å². The van der Waals surface area contributed by atoms with E-state index < -0.39 is 6.30 Å². The minimum absolute atomic E-state index is 0.0331. The highest BCUT2D eigenvalue weighted by Crippen LogP contribution is 2.14. The van der Waals surface area contributed by atoms with Crippen molar-refractivity contribution in [2.75, 3.05) is 26.7 Å². The van der Waals surface area contributed by atoms with Crippen molar-refractivity contribution in [3.05, 3.63) is 0 Å². The largest absolute Gasteiger partial charge is 0.382 e. The third kappa shape index (κ3) is 2.84. The second-order valence-corrected chi connectivity index (χ2v) is 4.59. The molecule has 0 saturated carbocycles. The summed E-state index contributed by atoms with van der Waals surface area (Å²) in [5.41, 5.74) is 5.92. The monoisotopic (exact) mass is 255 g/mol. The maximum absolute atomic E-state index is 13.0. The number of carbonyl (C=O) groups excluding carboxylic acids is 1. The molecule has 7 heteroatoms. The standard InChI is InChI=1S/C11H18FN5O/c1-17-4-2-3-8(17)11(18)15-5-7-10(13)14-6-9(12)16-7/h8-9H,2-6H2,1H3,(H2,13,14)(H,15,18)/t8-,9?/m1/s1. The number of aliphatic imine (C=N–C) groups is 2. The summed E-state index contributed by atoms with van der Waals surface area (Å²) in [5, 5.41) is 2.74. The third-order valence-corrected chi connectivity index (χ3v) is 3.26. The Hall–Kier alpha value is -1.50. The van der Waals surface area contributed by atoms with Crippen LogP contribution < -0.4 is 11.1 Å². The molecule has 1 saturated heterocycles. The lowest BCUT2D eigenvalue weighted by Gasteiger charge is -2.19. The van der Waals surface area contributed by atoms with E-state index in [-0.39, 0.29) is 30.9 Å². The van der Waals surface area contributed by atoms with E-state index in [2.05, 4.69) is 15.3 Å². The van der Waals surface area contributed by atoms with Gasteiger partial charge in [0, 0.05) is 0 Å². The molecule has 0 aromatic heterocycles. The molecular weight excluding hydrogens is 237 g/mol. The van der Waals surface area contributed by atoms with Crippen LogP contribution in [-0.2, 0) is 4.79 Å². The Balaban J connectivity index is 1.88. The van der Waals surface area contributed by atoms with Gasteiger partial charge in [0.15, 0.2) is 0 Å². The number of alkyl halides is 1. The average molecular weight is 255 g/mol. The Morgan fingerprint density at radius 2 is 2.44 bits per heavy atom. The fourth-order valence-corrected chi connectivity index (χ4v) is 2.21. The molecule has 100 valence electrons. The van der Waals surface area contributed by atoms with Gasteiger partial charge in [0.1, 0.15) is 5.84 Å². The van der Waals surface area contributed by atoms with Crippen LogP contribution in [-0.4, -0.2) is 61.4 Å². The van der Waals surface area contributed by atoms with E-state index >= 15 is 0 Å². The van der Waals surface area contributed by atoms with Crippen molar-refractivity contribution >= 4 is 17.5 Å². The number of likely N-dealkylation sites (tertiary alicyclic amines) is 1. The molecule has 3 N–H and O–H groups in total. The van der Waals surface area contributed by atoms with E-state index in [1.165, 1.54) is 0 Å². The molecule has 0 radical (unpaired) electrons. The van der Waals surface area contributed by atoms with Crippen molar-refractivity contribution in [1.82, 2.24) is 10.2 Å². The van der Waals surface area contributed by atoms with E-state index in [1.807, 2.05) is 11.9 Å². The predicted molar refractivity (Wildman–Crippen MR) is 67.5 cm³/mol. The van der Waals surface area contributed by atoms with Gasteiger partial charge in [-0.2, -0.15) is 0 Å². The van der Waals surface area contributed by atoms with Gasteiger partial charge in [-0.05, 0) is 26.4 Å². The van der Waals surface area contributed by atoms with Crippen molar-refractivity contribution < 1.29 is 9.18 Å². The van der Waals surface area contributed by atoms with E-state index in [9.17, 15) is 9.18 Å². The molecule has 1 fully saturated rings. The van der Waals surface area contributed by atoms with Gasteiger partial charge in [0.05, 0.1) is 24.8 Å². The van der Waals surface area contributed by atoms with Crippen LogP contribution in [0.25, 0.3) is 0 Å². The third-order valence-electron chi connectivity index (χ3n) is 3.26. The van der Waals surface area contributed by atoms with Crippen LogP contribution in [0.3, 0.4) is 0 Å². The van der Waals surface area contributed by atoms with Crippen LogP contribution in [0.1, 0.15) is 12.8 Å². The number of amides is 1. The molecule has 2 rings (SSSR count). The Bertz CT molecular complexity index is 395. The average Bonchev–Trinajstić information content (AvgIpc) is 2.76. The number of nitrogens with one attached hydrogen (secondary N) is 1. The lowest BCUT2D eigenvalue weighted by molar-refractivity contribution is -0.124. The van der Waals surface area contributed by atoms with Crippen LogP contribution in [0.2, 0.25) is 0 Å². The van der Waals surface area contributed by atoms with E-state index in [1.54, 1.807) is 0 Å². The van der Waals surface area contributed by atoms with Crippen molar-refractivity contribution in [2.45, 2.75) is 25.2 Å². The van der Waals surface area contributed by atoms with Gasteiger partial charge in [-0.1, -0.05) is 0 Å². The quantitative estimate of drug-likeness (QED) is 0.654. The second-order valence-electron chi connectivity index (χ2n) is 4.59. The molecule has 2 aliphatic heterocycles. The summed E-state index contributed by atoms with van der Waals surface area (Å²) in [4.78, 5) is 21.5. The first kappa shape index (κ1) is 12.9. The zero-order valence-corrected chi connectivity index (χ0v) is 10.4. The number of hydrogen-bond donors (Lipinski definition) is 2. The first-order valence-corrected chi connectivity index (χ1v) is 6.07. The number of nitrogens with zero attached hydrogens (tertiary/aromatic N) is 3. The number of rotatable bonds is 3. The maximum Gasteiger partial charge on any atom is 0.237 e. The van der Waals surface area contributed by atoms with Gasteiger partial charge >= 0.3 is 0 Å². The molecule has 1 amide bonds. The van der Waals surface area contributed by atoms with Crippen molar-refractivity contribution in [2.24, 2.45) is 15.7 Å². The van der Waals surface area contributed by atoms with Crippen molar-refractivity contribution in [3.8, 4) is 0 Å². The van der Waals surface area contributed by atoms with E-state index in [0.717, 1.165) is 19.4 Å². The first-order chi connectivity index (χ1) is 8.58. The van der Waals surface area contributed by atoms with Gasteiger partial charge in [0.25, 0.3) is 0 Å². The number of likely N-dealkylation sites (N-methyl/N-ethyl adjacent to an activating group) is 1. The lowest BCUT2D eigenvalue weighted by Crippen LogP contribution is -2.46. The predicted octanol–water partition coefficient (Wildman–Crippen LogP) is -0.696. The zero-order chi connectivity index (χ0) is 13.1. The summed E-state index contributed by atoms with van der Waals surface area (Å²) in [6, 6.07) is -0.103. The van der Waals surface area contributed by atoms with Crippen LogP contribution in [0, 0.1) is 0 Å². The van der Waals surface area contributed by atoms with Crippen LogP contribution >= 0.6 is 0 Å². The number of amidine groups is 1. The van der Waals surface area contributed by atoms with E-state index in [4.69, 9.17) is 5.73 Å². The van der Waals surface area contributed by atoms with Crippen molar-refractivity contribution in [3.63, 3.8) is 0 Å². The molecule has 2 heterocycles. The first-order valence-electron chi connectivity index (χ1n) is 6.07. The Morgan fingerprint density at radius 1 is 1.67 bits per heavy atom. The molecule has 0 aromatic rings. The molecular formula is C11H18FN5O. The van der Waals surface area contributed by atoms with Gasteiger partial charge in [-0.25, -0.2) is 9.38 Å². The summed E-state index contributed by atoms with van der Waals surface area (Å²) >= 11 is 0. The van der Waals surface area contributed by atoms with Crippen LogP contribution in [0.4, 0.5) is 4.39 Å². The smallest absolute Gasteiger partial charge is 0.237 e. The summed E-state index contributed by atoms with van der Waals surface area (Å²) < 4.78 is 13.0. The highest BCUT2D eigenvalue weighted by Gasteiger charge is 2.28. The topological polar surface area (TPSA) is 83.1 Å². The highest BCUT2D eigenvalue weighted by molar-refractivity contribution is 6.42. The fourth-order valence-electron chi connectivity index (χ4n) is 2.21. The Kier molecular flexibility index (Phi) is 3.90. The second kappa shape index (κ2) is 5.43. The molecule has 18 heavy (non-hydrogen) atoms. The minimum atomic E-state index is -1.35. The molecule has 0 aliphatic carbocycles. The number of hydrogen-bond acceptors (Lipinski definition) is 5. The zero-order valence-electron chi connectivity index (χ0n) is 10.4. The molecule has 6 nitrogen and oxygen atoms in total. The molecule has 1 unspecified atom stereocenters. The minimum Gasteiger partial charge on any atom is -0.382 e. The van der Waals surface area contributed by atoms with Gasteiger partial charge in [-0.3, -0.25) is 14.7 Å². The van der Waals surface area contributed by atoms with Gasteiger partial charge in [0.2, 0.25) is 12.2 Å². The van der Waals surface area contributed by atoms with Crippen LogP contribution in [0.5, 0.6) is 0 Å².